The average Bonchev–Trinajstić information content (AvgIpc) is 2.26. The van der Waals surface area contributed by atoms with Crippen LogP contribution in [0.25, 0.3) is 0 Å². The molecule has 1 heterocycles. The minimum atomic E-state index is 0.424. The molecule has 0 bridgehead atoms. The summed E-state index contributed by atoms with van der Waals surface area (Å²) in [6.45, 7) is 6.25. The van der Waals surface area contributed by atoms with Gasteiger partial charge in [-0.25, -0.2) is 4.98 Å². The lowest BCUT2D eigenvalue weighted by atomic mass is 10.4. The third-order valence-corrected chi connectivity index (χ3v) is 2.30. The molecule has 0 radical (unpaired) electrons. The van der Waals surface area contributed by atoms with Gasteiger partial charge in [0.25, 0.3) is 0 Å². The number of alkyl halides is 1. The number of anilines is 1. The molecule has 0 N–H and O–H groups in total. The van der Waals surface area contributed by atoms with Crippen LogP contribution < -0.4 is 4.90 Å². The molecule has 0 fully saturated rings. The molecule has 0 spiro atoms. The van der Waals surface area contributed by atoms with E-state index in [2.05, 4.69) is 28.7 Å². The van der Waals surface area contributed by atoms with Gasteiger partial charge in [-0.15, -0.1) is 11.6 Å². The fourth-order valence-corrected chi connectivity index (χ4v) is 1.42. The van der Waals surface area contributed by atoms with Crippen molar-refractivity contribution in [2.45, 2.75) is 26.1 Å². The Labute approximate surface area is 90.1 Å². The van der Waals surface area contributed by atoms with Crippen LogP contribution in [0.3, 0.4) is 0 Å². The van der Waals surface area contributed by atoms with Crippen LogP contribution in [0.4, 0.5) is 5.82 Å². The largest absolute Gasteiger partial charge is 0.356 e. The number of rotatable bonds is 5. The monoisotopic (exact) mass is 213 g/mol. The first-order valence-electron chi connectivity index (χ1n) is 4.93. The van der Waals surface area contributed by atoms with E-state index < -0.39 is 0 Å². The van der Waals surface area contributed by atoms with Gasteiger partial charge in [-0.2, -0.15) is 0 Å². The molecule has 0 aliphatic heterocycles. The molecule has 14 heavy (non-hydrogen) atoms. The van der Waals surface area contributed by atoms with Crippen LogP contribution in [0.15, 0.2) is 12.4 Å². The fourth-order valence-electron chi connectivity index (χ4n) is 1.28. The lowest BCUT2D eigenvalue weighted by Crippen LogP contribution is -2.24. The fraction of sp³-hybridized carbons (Fsp3) is 0.600. The first kappa shape index (κ1) is 11.2. The van der Waals surface area contributed by atoms with Crippen molar-refractivity contribution in [2.24, 2.45) is 0 Å². The zero-order chi connectivity index (χ0) is 10.4. The highest BCUT2D eigenvalue weighted by Gasteiger charge is 2.04. The van der Waals surface area contributed by atoms with Crippen molar-refractivity contribution in [3.05, 3.63) is 18.1 Å². The summed E-state index contributed by atoms with van der Waals surface area (Å²) in [5.41, 5.74) is 0.822. The highest BCUT2D eigenvalue weighted by Crippen LogP contribution is 2.09. The van der Waals surface area contributed by atoms with Crippen LogP contribution in [-0.4, -0.2) is 23.1 Å². The van der Waals surface area contributed by atoms with Crippen LogP contribution in [0.2, 0.25) is 0 Å². The number of aromatic nitrogens is 2. The molecule has 0 amide bonds. The van der Waals surface area contributed by atoms with Crippen molar-refractivity contribution in [1.29, 1.82) is 0 Å². The van der Waals surface area contributed by atoms with Gasteiger partial charge in [0.1, 0.15) is 5.82 Å². The van der Waals surface area contributed by atoms with E-state index in [1.807, 2.05) is 0 Å². The SMILES string of the molecule is CCCN(CC)c1cnc(CCl)cn1. The van der Waals surface area contributed by atoms with E-state index in [1.54, 1.807) is 12.4 Å². The normalized spacial score (nSPS) is 10.2. The predicted octanol–water partition coefficient (Wildman–Crippen LogP) is 2.45. The first-order chi connectivity index (χ1) is 6.81. The van der Waals surface area contributed by atoms with Gasteiger partial charge in [0, 0.05) is 13.1 Å². The average molecular weight is 214 g/mol. The van der Waals surface area contributed by atoms with Crippen molar-refractivity contribution in [1.82, 2.24) is 9.97 Å². The third-order valence-electron chi connectivity index (χ3n) is 2.03. The number of nitrogens with zero attached hydrogens (tertiary/aromatic N) is 3. The highest BCUT2D eigenvalue weighted by molar-refractivity contribution is 6.16. The van der Waals surface area contributed by atoms with E-state index in [0.29, 0.717) is 5.88 Å². The third kappa shape index (κ3) is 2.84. The summed E-state index contributed by atoms with van der Waals surface area (Å²) in [6.07, 6.45) is 4.64. The molecule has 1 rings (SSSR count). The molecule has 78 valence electrons. The van der Waals surface area contributed by atoms with Crippen molar-refractivity contribution >= 4 is 17.4 Å². The Morgan fingerprint density at radius 2 is 2.07 bits per heavy atom. The first-order valence-corrected chi connectivity index (χ1v) is 5.47. The Balaban J connectivity index is 2.73. The Morgan fingerprint density at radius 3 is 2.50 bits per heavy atom. The van der Waals surface area contributed by atoms with Crippen LogP contribution >= 0.6 is 11.6 Å². The highest BCUT2D eigenvalue weighted by atomic mass is 35.5. The lowest BCUT2D eigenvalue weighted by molar-refractivity contribution is 0.774. The summed E-state index contributed by atoms with van der Waals surface area (Å²) in [6, 6.07) is 0. The summed E-state index contributed by atoms with van der Waals surface area (Å²) in [7, 11) is 0. The second-order valence-corrected chi connectivity index (χ2v) is 3.35. The molecule has 0 aromatic carbocycles. The van der Waals surface area contributed by atoms with Gasteiger partial charge in [0.05, 0.1) is 24.0 Å². The molecule has 3 nitrogen and oxygen atoms in total. The molecule has 0 atom stereocenters. The van der Waals surface area contributed by atoms with E-state index in [-0.39, 0.29) is 0 Å². The number of hydrogen-bond acceptors (Lipinski definition) is 3. The van der Waals surface area contributed by atoms with E-state index in [0.717, 1.165) is 31.0 Å². The molecule has 1 aromatic rings. The molecule has 4 heteroatoms. The van der Waals surface area contributed by atoms with Gasteiger partial charge in [0.2, 0.25) is 0 Å². The van der Waals surface area contributed by atoms with Gasteiger partial charge < -0.3 is 4.90 Å². The molecular weight excluding hydrogens is 198 g/mol. The maximum Gasteiger partial charge on any atom is 0.147 e. The topological polar surface area (TPSA) is 29.0 Å². The Morgan fingerprint density at radius 1 is 1.29 bits per heavy atom. The van der Waals surface area contributed by atoms with Crippen LogP contribution in [-0.2, 0) is 5.88 Å². The molecule has 0 saturated carbocycles. The summed E-state index contributed by atoms with van der Waals surface area (Å²) >= 11 is 5.64. The van der Waals surface area contributed by atoms with Crippen molar-refractivity contribution < 1.29 is 0 Å². The quantitative estimate of drug-likeness (QED) is 0.704. The molecule has 0 aliphatic carbocycles. The summed E-state index contributed by atoms with van der Waals surface area (Å²) in [5, 5.41) is 0. The standard InChI is InChI=1S/C10H16ClN3/c1-3-5-14(4-2)10-8-12-9(6-11)7-13-10/h7-8H,3-6H2,1-2H3. The molecule has 0 unspecified atom stereocenters. The summed E-state index contributed by atoms with van der Waals surface area (Å²) < 4.78 is 0. The number of hydrogen-bond donors (Lipinski definition) is 0. The van der Waals surface area contributed by atoms with Crippen molar-refractivity contribution in [2.75, 3.05) is 18.0 Å². The number of halogens is 1. The molecule has 0 aliphatic rings. The summed E-state index contributed by atoms with van der Waals surface area (Å²) in [4.78, 5) is 10.7. The van der Waals surface area contributed by atoms with E-state index in [9.17, 15) is 0 Å². The minimum Gasteiger partial charge on any atom is -0.356 e. The second-order valence-electron chi connectivity index (χ2n) is 3.08. The Bertz CT molecular complexity index is 261. The van der Waals surface area contributed by atoms with Gasteiger partial charge in [-0.1, -0.05) is 6.92 Å². The maximum absolute atomic E-state index is 5.64. The lowest BCUT2D eigenvalue weighted by Gasteiger charge is -2.20. The van der Waals surface area contributed by atoms with Crippen molar-refractivity contribution in [3.63, 3.8) is 0 Å². The molecule has 1 aromatic heterocycles. The van der Waals surface area contributed by atoms with Gasteiger partial charge >= 0.3 is 0 Å². The Kier molecular flexibility index (Phi) is 4.66. The van der Waals surface area contributed by atoms with E-state index in [4.69, 9.17) is 11.6 Å². The molecule has 0 saturated heterocycles. The summed E-state index contributed by atoms with van der Waals surface area (Å²) in [5.74, 6) is 1.36. The minimum absolute atomic E-state index is 0.424. The van der Waals surface area contributed by atoms with Crippen molar-refractivity contribution in [3.8, 4) is 0 Å². The van der Waals surface area contributed by atoms with Crippen LogP contribution in [0, 0.1) is 0 Å². The smallest absolute Gasteiger partial charge is 0.147 e. The van der Waals surface area contributed by atoms with Gasteiger partial charge in [-0.3, -0.25) is 4.98 Å². The molecular formula is C10H16ClN3. The maximum atomic E-state index is 5.64. The predicted molar refractivity (Wildman–Crippen MR) is 59.8 cm³/mol. The van der Waals surface area contributed by atoms with Crippen LogP contribution in [0.5, 0.6) is 0 Å². The Hall–Kier alpha value is -0.830. The van der Waals surface area contributed by atoms with Gasteiger partial charge in [0.15, 0.2) is 0 Å². The van der Waals surface area contributed by atoms with Gasteiger partial charge in [-0.05, 0) is 13.3 Å². The van der Waals surface area contributed by atoms with E-state index >= 15 is 0 Å². The second kappa shape index (κ2) is 5.81. The van der Waals surface area contributed by atoms with Crippen LogP contribution in [0.1, 0.15) is 26.0 Å². The zero-order valence-corrected chi connectivity index (χ0v) is 9.46. The zero-order valence-electron chi connectivity index (χ0n) is 8.70. The van der Waals surface area contributed by atoms with E-state index in [1.165, 1.54) is 0 Å².